The molecule has 3 heterocycles. The van der Waals surface area contributed by atoms with Crippen molar-refractivity contribution >= 4 is 35.8 Å². The smallest absolute Gasteiger partial charge is 0.225 e. The van der Waals surface area contributed by atoms with E-state index in [9.17, 15) is 4.79 Å². The molecule has 158 valence electrons. The van der Waals surface area contributed by atoms with Gasteiger partial charge in [-0.15, -0.1) is 29.1 Å². The SMILES string of the molecule is CN=C(NCc1nc(-c2ccco2)n[nH]1)NC1CCN(C(=O)C2CCCC2)C1.I. The van der Waals surface area contributed by atoms with Gasteiger partial charge in [0.05, 0.1) is 12.8 Å². The predicted molar refractivity (Wildman–Crippen MR) is 120 cm³/mol. The summed E-state index contributed by atoms with van der Waals surface area (Å²) in [5, 5.41) is 13.7. The number of likely N-dealkylation sites (tertiary alicyclic amines) is 1. The molecule has 1 atom stereocenters. The summed E-state index contributed by atoms with van der Waals surface area (Å²) in [6, 6.07) is 3.84. The molecule has 9 nitrogen and oxygen atoms in total. The van der Waals surface area contributed by atoms with E-state index in [0.717, 1.165) is 32.4 Å². The molecular formula is C19H28IN7O2. The van der Waals surface area contributed by atoms with Gasteiger partial charge in [-0.1, -0.05) is 12.8 Å². The minimum Gasteiger partial charge on any atom is -0.461 e. The van der Waals surface area contributed by atoms with Gasteiger partial charge in [0, 0.05) is 32.1 Å². The summed E-state index contributed by atoms with van der Waals surface area (Å²) in [6.07, 6.45) is 7.00. The number of aromatic nitrogens is 3. The number of aromatic amines is 1. The first-order valence-corrected chi connectivity index (χ1v) is 9.94. The Bertz CT molecular complexity index is 814. The van der Waals surface area contributed by atoms with Crippen LogP contribution in [0.25, 0.3) is 11.6 Å². The van der Waals surface area contributed by atoms with E-state index in [1.54, 1.807) is 19.4 Å². The van der Waals surface area contributed by atoms with Gasteiger partial charge < -0.3 is 20.0 Å². The zero-order chi connectivity index (χ0) is 19.3. The Morgan fingerprint density at radius 3 is 2.93 bits per heavy atom. The summed E-state index contributed by atoms with van der Waals surface area (Å²) < 4.78 is 5.30. The number of guanidine groups is 1. The molecule has 0 radical (unpaired) electrons. The lowest BCUT2D eigenvalue weighted by Crippen LogP contribution is -2.45. The van der Waals surface area contributed by atoms with Crippen molar-refractivity contribution < 1.29 is 9.21 Å². The van der Waals surface area contributed by atoms with Crippen molar-refractivity contribution in [3.63, 3.8) is 0 Å². The number of hydrogen-bond acceptors (Lipinski definition) is 5. The number of carbonyl (C=O) groups is 1. The number of hydrogen-bond donors (Lipinski definition) is 3. The van der Waals surface area contributed by atoms with Gasteiger partial charge in [-0.2, -0.15) is 0 Å². The van der Waals surface area contributed by atoms with E-state index in [1.165, 1.54) is 12.8 Å². The van der Waals surface area contributed by atoms with Gasteiger partial charge in [0.15, 0.2) is 11.7 Å². The zero-order valence-corrected chi connectivity index (χ0v) is 18.9. The van der Waals surface area contributed by atoms with Crippen LogP contribution in [0.15, 0.2) is 27.8 Å². The van der Waals surface area contributed by atoms with Crippen molar-refractivity contribution in [3.8, 4) is 11.6 Å². The van der Waals surface area contributed by atoms with Crippen LogP contribution in [0.3, 0.4) is 0 Å². The number of carbonyl (C=O) groups excluding carboxylic acids is 1. The van der Waals surface area contributed by atoms with Gasteiger partial charge in [-0.05, 0) is 31.4 Å². The predicted octanol–water partition coefficient (Wildman–Crippen LogP) is 2.14. The fourth-order valence-electron chi connectivity index (χ4n) is 3.96. The molecule has 0 bridgehead atoms. The van der Waals surface area contributed by atoms with Crippen molar-refractivity contribution in [3.05, 3.63) is 24.2 Å². The van der Waals surface area contributed by atoms with Crippen molar-refractivity contribution in [2.24, 2.45) is 10.9 Å². The van der Waals surface area contributed by atoms with E-state index in [-0.39, 0.29) is 35.9 Å². The Balaban J connectivity index is 0.00000240. The molecule has 2 fully saturated rings. The largest absolute Gasteiger partial charge is 0.461 e. The lowest BCUT2D eigenvalue weighted by atomic mass is 10.1. The molecule has 29 heavy (non-hydrogen) atoms. The van der Waals surface area contributed by atoms with E-state index in [4.69, 9.17) is 4.42 Å². The second-order valence-corrected chi connectivity index (χ2v) is 7.40. The van der Waals surface area contributed by atoms with Gasteiger partial charge in [0.2, 0.25) is 11.7 Å². The second kappa shape index (κ2) is 10.1. The highest BCUT2D eigenvalue weighted by Crippen LogP contribution is 2.27. The van der Waals surface area contributed by atoms with Crippen LogP contribution < -0.4 is 10.6 Å². The molecule has 1 amide bonds. The molecule has 0 aromatic carbocycles. The molecule has 1 saturated heterocycles. The summed E-state index contributed by atoms with van der Waals surface area (Å²) in [7, 11) is 1.74. The highest BCUT2D eigenvalue weighted by atomic mass is 127. The summed E-state index contributed by atoms with van der Waals surface area (Å²) in [4.78, 5) is 23.3. The maximum Gasteiger partial charge on any atom is 0.225 e. The number of amides is 1. The quantitative estimate of drug-likeness (QED) is 0.321. The Morgan fingerprint density at radius 2 is 2.21 bits per heavy atom. The Hall–Kier alpha value is -2.11. The van der Waals surface area contributed by atoms with Gasteiger partial charge in [-0.3, -0.25) is 14.9 Å². The Labute approximate surface area is 187 Å². The third-order valence-electron chi connectivity index (χ3n) is 5.47. The third kappa shape index (κ3) is 5.28. The summed E-state index contributed by atoms with van der Waals surface area (Å²) in [5.74, 6) is 3.11. The number of halogens is 1. The minimum absolute atomic E-state index is 0. The molecule has 1 unspecified atom stereocenters. The monoisotopic (exact) mass is 513 g/mol. The summed E-state index contributed by atoms with van der Waals surface area (Å²) >= 11 is 0. The Morgan fingerprint density at radius 1 is 1.38 bits per heavy atom. The molecule has 1 aliphatic heterocycles. The molecule has 1 saturated carbocycles. The number of nitrogens with one attached hydrogen (secondary N) is 3. The number of furan rings is 1. The lowest BCUT2D eigenvalue weighted by molar-refractivity contribution is -0.134. The first kappa shape index (κ1) is 21.6. The molecule has 10 heteroatoms. The highest BCUT2D eigenvalue weighted by Gasteiger charge is 2.32. The van der Waals surface area contributed by atoms with Gasteiger partial charge in [0.25, 0.3) is 0 Å². The van der Waals surface area contributed by atoms with Gasteiger partial charge in [0.1, 0.15) is 5.82 Å². The topological polar surface area (TPSA) is 111 Å². The van der Waals surface area contributed by atoms with E-state index >= 15 is 0 Å². The van der Waals surface area contributed by atoms with Gasteiger partial charge in [-0.25, -0.2) is 4.98 Å². The lowest BCUT2D eigenvalue weighted by Gasteiger charge is -2.21. The van der Waals surface area contributed by atoms with E-state index in [2.05, 4.69) is 30.8 Å². The molecule has 1 aliphatic carbocycles. The highest BCUT2D eigenvalue weighted by molar-refractivity contribution is 14.0. The maximum absolute atomic E-state index is 12.6. The van der Waals surface area contributed by atoms with Gasteiger partial charge >= 0.3 is 0 Å². The number of rotatable bonds is 5. The second-order valence-electron chi connectivity index (χ2n) is 7.40. The van der Waals surface area contributed by atoms with Crippen LogP contribution in [0.1, 0.15) is 37.9 Å². The molecule has 2 aromatic heterocycles. The third-order valence-corrected chi connectivity index (χ3v) is 5.47. The molecular weight excluding hydrogens is 485 g/mol. The van der Waals surface area contributed by atoms with E-state index in [1.807, 2.05) is 11.0 Å². The zero-order valence-electron chi connectivity index (χ0n) is 16.6. The van der Waals surface area contributed by atoms with Crippen molar-refractivity contribution in [2.45, 2.75) is 44.7 Å². The fraction of sp³-hybridized carbons (Fsp3) is 0.579. The van der Waals surface area contributed by atoms with Crippen LogP contribution in [0.2, 0.25) is 0 Å². The number of H-pyrrole nitrogens is 1. The van der Waals surface area contributed by atoms with Crippen LogP contribution in [0, 0.1) is 5.92 Å². The van der Waals surface area contributed by atoms with Crippen LogP contribution in [-0.4, -0.2) is 58.1 Å². The van der Waals surface area contributed by atoms with Crippen LogP contribution in [0.4, 0.5) is 0 Å². The normalized spacial score (nSPS) is 20.0. The molecule has 2 aliphatic rings. The summed E-state index contributed by atoms with van der Waals surface area (Å²) in [6.45, 7) is 2.02. The molecule has 3 N–H and O–H groups in total. The Kier molecular flexibility index (Phi) is 7.51. The first-order valence-electron chi connectivity index (χ1n) is 9.94. The first-order chi connectivity index (χ1) is 13.7. The average molecular weight is 513 g/mol. The number of aliphatic imine (C=N–C) groups is 1. The minimum atomic E-state index is 0. The van der Waals surface area contributed by atoms with Crippen molar-refractivity contribution in [1.29, 1.82) is 0 Å². The maximum atomic E-state index is 12.6. The van der Waals surface area contributed by atoms with Crippen LogP contribution in [-0.2, 0) is 11.3 Å². The van der Waals surface area contributed by atoms with E-state index in [0.29, 0.717) is 35.8 Å². The standard InChI is InChI=1S/C19H27N7O2.HI/c1-20-19(21-11-16-23-17(25-24-16)15-7-4-10-28-15)22-14-8-9-26(12-14)18(27)13-5-2-3-6-13;/h4,7,10,13-14H,2-3,5-6,8-9,11-12H2,1H3,(H2,20,21,22)(H,23,24,25);1H. The van der Waals surface area contributed by atoms with E-state index < -0.39 is 0 Å². The number of nitrogens with zero attached hydrogens (tertiary/aromatic N) is 4. The fourth-order valence-corrected chi connectivity index (χ4v) is 3.96. The van der Waals surface area contributed by atoms with Crippen LogP contribution in [0.5, 0.6) is 0 Å². The molecule has 0 spiro atoms. The summed E-state index contributed by atoms with van der Waals surface area (Å²) in [5.41, 5.74) is 0. The van der Waals surface area contributed by atoms with Crippen molar-refractivity contribution in [2.75, 3.05) is 20.1 Å². The van der Waals surface area contributed by atoms with Crippen molar-refractivity contribution in [1.82, 2.24) is 30.7 Å². The average Bonchev–Trinajstić information content (AvgIpc) is 3.50. The van der Waals surface area contributed by atoms with Crippen LogP contribution >= 0.6 is 24.0 Å². The molecule has 2 aromatic rings. The molecule has 4 rings (SSSR count).